The van der Waals surface area contributed by atoms with Gasteiger partial charge in [0.1, 0.15) is 0 Å². The van der Waals surface area contributed by atoms with Gasteiger partial charge in [-0.15, -0.1) is 0 Å². The van der Waals surface area contributed by atoms with Crippen LogP contribution in [0, 0.1) is 0 Å². The molecule has 2 rings (SSSR count). The predicted octanol–water partition coefficient (Wildman–Crippen LogP) is 2.53. The molecule has 0 aliphatic rings. The first-order valence-electron chi connectivity index (χ1n) is 8.88. The predicted molar refractivity (Wildman–Crippen MR) is 107 cm³/mol. The van der Waals surface area contributed by atoms with E-state index in [1.54, 1.807) is 20.4 Å². The number of methoxy groups -OCH3 is 2. The van der Waals surface area contributed by atoms with Crippen LogP contribution in [0.1, 0.15) is 25.0 Å². The lowest BCUT2D eigenvalue weighted by Gasteiger charge is -2.10. The van der Waals surface area contributed by atoms with Crippen LogP contribution in [0.3, 0.4) is 0 Å². The van der Waals surface area contributed by atoms with Gasteiger partial charge in [-0.25, -0.2) is 9.98 Å². The van der Waals surface area contributed by atoms with Gasteiger partial charge in [0.15, 0.2) is 17.5 Å². The fourth-order valence-corrected chi connectivity index (χ4v) is 2.42. The Balaban J connectivity index is 1.80. The van der Waals surface area contributed by atoms with Crippen molar-refractivity contribution in [3.05, 3.63) is 47.7 Å². The van der Waals surface area contributed by atoms with Crippen molar-refractivity contribution in [3.63, 3.8) is 0 Å². The molecule has 7 nitrogen and oxygen atoms in total. The van der Waals surface area contributed by atoms with E-state index in [2.05, 4.69) is 15.3 Å². The number of aromatic nitrogens is 1. The number of nitrogens with one attached hydrogen (secondary N) is 1. The first-order chi connectivity index (χ1) is 13.0. The number of benzene rings is 1. The SMILES string of the molecule is COc1ccc(CCNC(N)=NCc2ccc(OC(C)C)nc2)cc1OC. The number of aliphatic imine (C=N–C) groups is 1. The molecule has 0 aliphatic carbocycles. The molecule has 0 unspecified atom stereocenters. The van der Waals surface area contributed by atoms with E-state index in [9.17, 15) is 0 Å². The number of ether oxygens (including phenoxy) is 3. The van der Waals surface area contributed by atoms with Crippen molar-refractivity contribution in [1.29, 1.82) is 0 Å². The van der Waals surface area contributed by atoms with Crippen molar-refractivity contribution in [2.45, 2.75) is 32.9 Å². The highest BCUT2D eigenvalue weighted by molar-refractivity contribution is 5.77. The quantitative estimate of drug-likeness (QED) is 0.519. The van der Waals surface area contributed by atoms with Gasteiger partial charge in [-0.2, -0.15) is 0 Å². The Bertz CT molecular complexity index is 745. The monoisotopic (exact) mass is 372 g/mol. The van der Waals surface area contributed by atoms with Gasteiger partial charge < -0.3 is 25.3 Å². The third-order valence-corrected chi connectivity index (χ3v) is 3.75. The van der Waals surface area contributed by atoms with Crippen LogP contribution in [-0.4, -0.2) is 37.8 Å². The Labute approximate surface area is 160 Å². The maximum absolute atomic E-state index is 5.93. The van der Waals surface area contributed by atoms with E-state index in [4.69, 9.17) is 19.9 Å². The van der Waals surface area contributed by atoms with Gasteiger partial charge in [-0.05, 0) is 43.5 Å². The maximum atomic E-state index is 5.93. The maximum Gasteiger partial charge on any atom is 0.213 e. The average molecular weight is 372 g/mol. The Morgan fingerprint density at radius 3 is 2.48 bits per heavy atom. The van der Waals surface area contributed by atoms with Gasteiger partial charge in [0, 0.05) is 18.8 Å². The van der Waals surface area contributed by atoms with Crippen LogP contribution >= 0.6 is 0 Å². The summed E-state index contributed by atoms with van der Waals surface area (Å²) in [6, 6.07) is 9.63. The van der Waals surface area contributed by atoms with Crippen LogP contribution in [0.25, 0.3) is 0 Å². The van der Waals surface area contributed by atoms with Crippen molar-refractivity contribution in [2.24, 2.45) is 10.7 Å². The topological polar surface area (TPSA) is 91.0 Å². The van der Waals surface area contributed by atoms with Crippen LogP contribution < -0.4 is 25.3 Å². The summed E-state index contributed by atoms with van der Waals surface area (Å²) < 4.78 is 16.1. The van der Waals surface area contributed by atoms with Crippen molar-refractivity contribution >= 4 is 5.96 Å². The fourth-order valence-electron chi connectivity index (χ4n) is 2.42. The van der Waals surface area contributed by atoms with Crippen LogP contribution in [-0.2, 0) is 13.0 Å². The Hall–Kier alpha value is -2.96. The number of nitrogens with zero attached hydrogens (tertiary/aromatic N) is 2. The molecule has 0 bridgehead atoms. The van der Waals surface area contributed by atoms with Crippen LogP contribution in [0.2, 0.25) is 0 Å². The lowest BCUT2D eigenvalue weighted by Crippen LogP contribution is -2.33. The summed E-state index contributed by atoms with van der Waals surface area (Å²) in [7, 11) is 3.25. The summed E-state index contributed by atoms with van der Waals surface area (Å²) in [6.07, 6.45) is 2.64. The summed E-state index contributed by atoms with van der Waals surface area (Å²) >= 11 is 0. The summed E-state index contributed by atoms with van der Waals surface area (Å²) in [4.78, 5) is 8.59. The van der Waals surface area contributed by atoms with Crippen LogP contribution in [0.5, 0.6) is 17.4 Å². The smallest absolute Gasteiger partial charge is 0.213 e. The van der Waals surface area contributed by atoms with E-state index in [0.717, 1.165) is 17.5 Å². The minimum absolute atomic E-state index is 0.104. The van der Waals surface area contributed by atoms with E-state index in [1.807, 2.05) is 44.2 Å². The molecule has 0 radical (unpaired) electrons. The lowest BCUT2D eigenvalue weighted by molar-refractivity contribution is 0.232. The van der Waals surface area contributed by atoms with Crippen LogP contribution in [0.15, 0.2) is 41.5 Å². The number of hydrogen-bond acceptors (Lipinski definition) is 5. The Morgan fingerprint density at radius 2 is 1.85 bits per heavy atom. The van der Waals surface area contributed by atoms with E-state index in [1.165, 1.54) is 0 Å². The van der Waals surface area contributed by atoms with Crippen molar-refractivity contribution in [3.8, 4) is 17.4 Å². The Morgan fingerprint density at radius 1 is 1.11 bits per heavy atom. The standard InChI is InChI=1S/C20H28N4O3/c1-14(2)27-19-8-6-16(12-23-19)13-24-20(21)22-10-9-15-5-7-17(25-3)18(11-15)26-4/h5-8,11-12,14H,9-10,13H2,1-4H3,(H3,21,22,24). The summed E-state index contributed by atoms with van der Waals surface area (Å²) in [5.41, 5.74) is 8.02. The molecule has 0 amide bonds. The molecule has 3 N–H and O–H groups in total. The molecule has 0 spiro atoms. The molecular weight excluding hydrogens is 344 g/mol. The van der Waals surface area contributed by atoms with Gasteiger partial charge in [-0.1, -0.05) is 12.1 Å². The zero-order chi connectivity index (χ0) is 19.6. The van der Waals surface area contributed by atoms with Crippen LogP contribution in [0.4, 0.5) is 0 Å². The average Bonchev–Trinajstić information content (AvgIpc) is 2.67. The minimum atomic E-state index is 0.104. The van der Waals surface area contributed by atoms with Gasteiger partial charge >= 0.3 is 0 Å². The number of guanidine groups is 1. The van der Waals surface area contributed by atoms with E-state index >= 15 is 0 Å². The molecule has 0 saturated heterocycles. The molecule has 0 fully saturated rings. The molecule has 146 valence electrons. The zero-order valence-electron chi connectivity index (χ0n) is 16.4. The molecule has 1 heterocycles. The second-order valence-corrected chi connectivity index (χ2v) is 6.24. The van der Waals surface area contributed by atoms with Gasteiger partial charge in [-0.3, -0.25) is 0 Å². The normalized spacial score (nSPS) is 11.4. The molecule has 2 aromatic rings. The van der Waals surface area contributed by atoms with Gasteiger partial charge in [0.05, 0.1) is 26.9 Å². The fraction of sp³-hybridized carbons (Fsp3) is 0.400. The third-order valence-electron chi connectivity index (χ3n) is 3.75. The second kappa shape index (κ2) is 10.3. The lowest BCUT2D eigenvalue weighted by atomic mass is 10.1. The minimum Gasteiger partial charge on any atom is -0.493 e. The van der Waals surface area contributed by atoms with E-state index in [-0.39, 0.29) is 6.10 Å². The van der Waals surface area contributed by atoms with Crippen molar-refractivity contribution in [2.75, 3.05) is 20.8 Å². The molecule has 1 aromatic carbocycles. The highest BCUT2D eigenvalue weighted by atomic mass is 16.5. The highest BCUT2D eigenvalue weighted by Gasteiger charge is 2.04. The molecule has 0 aliphatic heterocycles. The highest BCUT2D eigenvalue weighted by Crippen LogP contribution is 2.27. The molecule has 0 saturated carbocycles. The number of rotatable bonds is 9. The summed E-state index contributed by atoms with van der Waals surface area (Å²) in [6.45, 7) is 5.07. The molecule has 27 heavy (non-hydrogen) atoms. The zero-order valence-corrected chi connectivity index (χ0v) is 16.4. The summed E-state index contributed by atoms with van der Waals surface area (Å²) in [5, 5.41) is 3.12. The van der Waals surface area contributed by atoms with E-state index in [0.29, 0.717) is 36.4 Å². The Kier molecular flexibility index (Phi) is 7.73. The first-order valence-corrected chi connectivity index (χ1v) is 8.88. The molecular formula is C20H28N4O3. The number of nitrogens with two attached hydrogens (primary N) is 1. The van der Waals surface area contributed by atoms with E-state index < -0.39 is 0 Å². The molecule has 0 atom stereocenters. The van der Waals surface area contributed by atoms with Gasteiger partial charge in [0.2, 0.25) is 5.88 Å². The van der Waals surface area contributed by atoms with Gasteiger partial charge in [0.25, 0.3) is 0 Å². The van der Waals surface area contributed by atoms with Crippen molar-refractivity contribution in [1.82, 2.24) is 10.3 Å². The first kappa shape index (κ1) is 20.4. The number of pyridine rings is 1. The second-order valence-electron chi connectivity index (χ2n) is 6.24. The third kappa shape index (κ3) is 6.69. The largest absolute Gasteiger partial charge is 0.493 e. The number of hydrogen-bond donors (Lipinski definition) is 2. The molecule has 1 aromatic heterocycles. The van der Waals surface area contributed by atoms with Crippen molar-refractivity contribution < 1.29 is 14.2 Å². The molecule has 7 heteroatoms. The summed E-state index contributed by atoms with van der Waals surface area (Å²) in [5.74, 6) is 2.44.